The second kappa shape index (κ2) is 7.28. The molecule has 1 atom stereocenters. The molecule has 2 aliphatic heterocycles. The third kappa shape index (κ3) is 3.89. The van der Waals surface area contributed by atoms with E-state index in [9.17, 15) is 9.59 Å². The van der Waals surface area contributed by atoms with Crippen LogP contribution in [0.4, 0.5) is 4.79 Å². The summed E-state index contributed by atoms with van der Waals surface area (Å²) in [5.41, 5.74) is 0. The van der Waals surface area contributed by atoms with E-state index in [1.165, 1.54) is 0 Å². The van der Waals surface area contributed by atoms with Crippen molar-refractivity contribution in [2.45, 2.75) is 45.4 Å². The fourth-order valence-corrected chi connectivity index (χ4v) is 2.86. The Morgan fingerprint density at radius 1 is 1.23 bits per heavy atom. The molecule has 2 amide bonds. The minimum atomic E-state index is -0.571. The fraction of sp³-hybridized carbons (Fsp3) is 0.867. The van der Waals surface area contributed by atoms with Gasteiger partial charge < -0.3 is 24.4 Å². The van der Waals surface area contributed by atoms with Gasteiger partial charge in [-0.1, -0.05) is 13.8 Å². The lowest BCUT2D eigenvalue weighted by atomic mass is 9.99. The smallest absolute Gasteiger partial charge is 0.407 e. The molecule has 2 saturated heterocycles. The molecule has 7 heteroatoms. The highest BCUT2D eigenvalue weighted by Gasteiger charge is 2.42. The summed E-state index contributed by atoms with van der Waals surface area (Å²) in [5.74, 6) is -0.582. The zero-order chi connectivity index (χ0) is 16.2. The lowest BCUT2D eigenvalue weighted by Gasteiger charge is -2.39. The van der Waals surface area contributed by atoms with Gasteiger partial charge in [0.2, 0.25) is 5.91 Å². The highest BCUT2D eigenvalue weighted by Crippen LogP contribution is 2.31. The highest BCUT2D eigenvalue weighted by molar-refractivity contribution is 5.86. The van der Waals surface area contributed by atoms with E-state index >= 15 is 0 Å². The van der Waals surface area contributed by atoms with Crippen LogP contribution < -0.4 is 5.32 Å². The molecule has 0 radical (unpaired) electrons. The second-order valence-electron chi connectivity index (χ2n) is 6.02. The molecule has 2 heterocycles. The van der Waals surface area contributed by atoms with Crippen LogP contribution in [0.2, 0.25) is 0 Å². The van der Waals surface area contributed by atoms with Crippen LogP contribution in [0.15, 0.2) is 0 Å². The monoisotopic (exact) mass is 314 g/mol. The molecule has 0 aromatic heterocycles. The largest absolute Gasteiger partial charge is 0.450 e. The van der Waals surface area contributed by atoms with Gasteiger partial charge in [-0.2, -0.15) is 0 Å². The number of hydrogen-bond acceptors (Lipinski definition) is 5. The fourth-order valence-electron chi connectivity index (χ4n) is 2.86. The summed E-state index contributed by atoms with van der Waals surface area (Å²) in [4.78, 5) is 26.0. The molecule has 22 heavy (non-hydrogen) atoms. The van der Waals surface area contributed by atoms with Crippen molar-refractivity contribution in [2.24, 2.45) is 5.92 Å². The van der Waals surface area contributed by atoms with Crippen molar-refractivity contribution in [3.63, 3.8) is 0 Å². The van der Waals surface area contributed by atoms with Crippen molar-refractivity contribution in [3.05, 3.63) is 0 Å². The van der Waals surface area contributed by atoms with Gasteiger partial charge in [-0.3, -0.25) is 4.79 Å². The number of amides is 2. The molecule has 0 aromatic carbocycles. The number of alkyl carbamates (subject to hydrolysis) is 1. The van der Waals surface area contributed by atoms with Crippen molar-refractivity contribution >= 4 is 12.0 Å². The highest BCUT2D eigenvalue weighted by atomic mass is 16.7. The third-order valence-corrected chi connectivity index (χ3v) is 4.13. The molecule has 2 rings (SSSR count). The molecule has 126 valence electrons. The number of nitrogens with zero attached hydrogens (tertiary/aromatic N) is 1. The molecule has 1 spiro atoms. The van der Waals surface area contributed by atoms with Crippen LogP contribution in [-0.4, -0.2) is 61.6 Å². The molecule has 0 aromatic rings. The summed E-state index contributed by atoms with van der Waals surface area (Å²) in [6.07, 6.45) is 0.789. The SMILES string of the molecule is CCOC(=O)NC(C(=O)N1CCC2(CC1)OCCO2)C(C)C. The molecular formula is C15H26N2O5. The lowest BCUT2D eigenvalue weighted by Crippen LogP contribution is -2.55. The summed E-state index contributed by atoms with van der Waals surface area (Å²) in [6.45, 7) is 8.22. The summed E-state index contributed by atoms with van der Waals surface area (Å²) < 4.78 is 16.2. The van der Waals surface area contributed by atoms with E-state index in [0.29, 0.717) is 39.1 Å². The van der Waals surface area contributed by atoms with Crippen LogP contribution in [0.3, 0.4) is 0 Å². The van der Waals surface area contributed by atoms with Crippen molar-refractivity contribution in [1.29, 1.82) is 0 Å². The maximum atomic E-state index is 12.7. The zero-order valence-electron chi connectivity index (χ0n) is 13.6. The van der Waals surface area contributed by atoms with Crippen molar-refractivity contribution < 1.29 is 23.8 Å². The Kier molecular flexibility index (Phi) is 5.63. The van der Waals surface area contributed by atoms with Crippen molar-refractivity contribution in [2.75, 3.05) is 32.9 Å². The first-order valence-corrected chi connectivity index (χ1v) is 7.97. The number of piperidine rings is 1. The van der Waals surface area contributed by atoms with E-state index in [4.69, 9.17) is 14.2 Å². The lowest BCUT2D eigenvalue weighted by molar-refractivity contribution is -0.188. The van der Waals surface area contributed by atoms with Gasteiger partial charge in [-0.15, -0.1) is 0 Å². The van der Waals surface area contributed by atoms with Crippen LogP contribution in [0.5, 0.6) is 0 Å². The summed E-state index contributed by atoms with van der Waals surface area (Å²) >= 11 is 0. The first-order chi connectivity index (χ1) is 10.5. The van der Waals surface area contributed by atoms with E-state index in [-0.39, 0.29) is 18.4 Å². The predicted molar refractivity (Wildman–Crippen MR) is 79.2 cm³/mol. The first-order valence-electron chi connectivity index (χ1n) is 7.97. The molecule has 2 fully saturated rings. The normalized spacial score (nSPS) is 21.9. The van der Waals surface area contributed by atoms with Gasteiger partial charge in [-0.05, 0) is 12.8 Å². The topological polar surface area (TPSA) is 77.1 Å². The molecular weight excluding hydrogens is 288 g/mol. The Morgan fingerprint density at radius 3 is 2.32 bits per heavy atom. The molecule has 2 aliphatic rings. The maximum Gasteiger partial charge on any atom is 0.407 e. The first kappa shape index (κ1) is 17.0. The van der Waals surface area contributed by atoms with Crippen LogP contribution in [0.25, 0.3) is 0 Å². The second-order valence-corrected chi connectivity index (χ2v) is 6.02. The van der Waals surface area contributed by atoms with E-state index < -0.39 is 17.9 Å². The summed E-state index contributed by atoms with van der Waals surface area (Å²) in [6, 6.07) is -0.571. The number of nitrogens with one attached hydrogen (secondary N) is 1. The summed E-state index contributed by atoms with van der Waals surface area (Å²) in [5, 5.41) is 2.66. The Balaban J connectivity index is 1.92. The van der Waals surface area contributed by atoms with Gasteiger partial charge in [0.25, 0.3) is 0 Å². The van der Waals surface area contributed by atoms with E-state index in [1.807, 2.05) is 13.8 Å². The quantitative estimate of drug-likeness (QED) is 0.841. The Labute approximate surface area is 131 Å². The maximum absolute atomic E-state index is 12.7. The van der Waals surface area contributed by atoms with E-state index in [2.05, 4.69) is 5.32 Å². The molecule has 1 N–H and O–H groups in total. The van der Waals surface area contributed by atoms with Gasteiger partial charge in [0.15, 0.2) is 5.79 Å². The number of carbonyl (C=O) groups is 2. The van der Waals surface area contributed by atoms with Gasteiger partial charge >= 0.3 is 6.09 Å². The van der Waals surface area contributed by atoms with Crippen molar-refractivity contribution in [3.8, 4) is 0 Å². The number of carbonyl (C=O) groups excluding carboxylic acids is 2. The third-order valence-electron chi connectivity index (χ3n) is 4.13. The van der Waals surface area contributed by atoms with Crippen LogP contribution in [0, 0.1) is 5.92 Å². The molecule has 0 saturated carbocycles. The van der Waals surface area contributed by atoms with Crippen LogP contribution >= 0.6 is 0 Å². The Bertz CT molecular complexity index is 397. The van der Waals surface area contributed by atoms with E-state index in [1.54, 1.807) is 11.8 Å². The number of hydrogen-bond donors (Lipinski definition) is 1. The van der Waals surface area contributed by atoms with E-state index in [0.717, 1.165) is 0 Å². The van der Waals surface area contributed by atoms with Crippen molar-refractivity contribution in [1.82, 2.24) is 10.2 Å². The van der Waals surface area contributed by atoms with Gasteiger partial charge in [-0.25, -0.2) is 4.79 Å². The van der Waals surface area contributed by atoms with Gasteiger partial charge in [0.05, 0.1) is 19.8 Å². The van der Waals surface area contributed by atoms with Gasteiger partial charge in [0, 0.05) is 25.9 Å². The number of ether oxygens (including phenoxy) is 3. The van der Waals surface area contributed by atoms with Crippen LogP contribution in [-0.2, 0) is 19.0 Å². The standard InChI is InChI=1S/C15H26N2O5/c1-4-20-14(19)16-12(11(2)3)13(18)17-7-5-15(6-8-17)21-9-10-22-15/h11-12H,4-10H2,1-3H3,(H,16,19). The predicted octanol–water partition coefficient (Wildman–Crippen LogP) is 1.12. The minimum Gasteiger partial charge on any atom is -0.450 e. The molecule has 1 unspecified atom stereocenters. The molecule has 0 aliphatic carbocycles. The average molecular weight is 314 g/mol. The Morgan fingerprint density at radius 2 is 1.82 bits per heavy atom. The zero-order valence-corrected chi connectivity index (χ0v) is 13.6. The Hall–Kier alpha value is -1.34. The number of rotatable bonds is 4. The van der Waals surface area contributed by atoms with Gasteiger partial charge in [0.1, 0.15) is 6.04 Å². The number of likely N-dealkylation sites (tertiary alicyclic amines) is 1. The average Bonchev–Trinajstić information content (AvgIpc) is 2.93. The molecule has 0 bridgehead atoms. The minimum absolute atomic E-state index is 0.00762. The van der Waals surface area contributed by atoms with Crippen LogP contribution in [0.1, 0.15) is 33.6 Å². The summed E-state index contributed by atoms with van der Waals surface area (Å²) in [7, 11) is 0. The molecule has 7 nitrogen and oxygen atoms in total.